The Hall–Kier alpha value is -1.18. The maximum atomic E-state index is 10.6. The molecular weight excluding hydrogens is 210 g/mol. The summed E-state index contributed by atoms with van der Waals surface area (Å²) < 4.78 is 0. The SMILES string of the molecule is N#Cc1c(S)cc(Cl)cc1C(=O)O. The minimum atomic E-state index is -1.19. The van der Waals surface area contributed by atoms with E-state index in [4.69, 9.17) is 22.0 Å². The maximum absolute atomic E-state index is 10.6. The van der Waals surface area contributed by atoms with E-state index >= 15 is 0 Å². The zero-order chi connectivity index (χ0) is 10.0. The van der Waals surface area contributed by atoms with Crippen LogP contribution in [-0.4, -0.2) is 11.1 Å². The zero-order valence-corrected chi connectivity index (χ0v) is 7.93. The maximum Gasteiger partial charge on any atom is 0.337 e. The standard InChI is InChI=1S/C8H4ClNO2S/c9-4-1-5(8(11)12)6(3-10)7(13)2-4/h1-2,13H,(H,11,12). The van der Waals surface area contributed by atoms with Crippen molar-refractivity contribution in [3.8, 4) is 6.07 Å². The summed E-state index contributed by atoms with van der Waals surface area (Å²) in [5.41, 5.74) is -0.0970. The fourth-order valence-corrected chi connectivity index (χ4v) is 1.48. The molecule has 0 unspecified atom stereocenters. The molecule has 0 saturated carbocycles. The van der Waals surface area contributed by atoms with Crippen molar-refractivity contribution in [1.82, 2.24) is 0 Å². The van der Waals surface area contributed by atoms with Gasteiger partial charge in [0.25, 0.3) is 0 Å². The summed E-state index contributed by atoms with van der Waals surface area (Å²) in [6.45, 7) is 0. The van der Waals surface area contributed by atoms with Gasteiger partial charge in [-0.05, 0) is 12.1 Å². The molecule has 0 aromatic heterocycles. The van der Waals surface area contributed by atoms with Crippen molar-refractivity contribution in [2.75, 3.05) is 0 Å². The number of carbonyl (C=O) groups is 1. The van der Waals surface area contributed by atoms with Crippen LogP contribution in [0.25, 0.3) is 0 Å². The molecule has 0 fully saturated rings. The Morgan fingerprint density at radius 2 is 2.23 bits per heavy atom. The number of hydrogen-bond acceptors (Lipinski definition) is 3. The fraction of sp³-hybridized carbons (Fsp3) is 0. The van der Waals surface area contributed by atoms with E-state index in [1.807, 2.05) is 0 Å². The molecule has 0 aliphatic rings. The van der Waals surface area contributed by atoms with Gasteiger partial charge in [-0.3, -0.25) is 0 Å². The number of hydrogen-bond donors (Lipinski definition) is 2. The molecule has 3 nitrogen and oxygen atoms in total. The molecule has 1 aromatic rings. The molecule has 1 N–H and O–H groups in total. The van der Waals surface area contributed by atoms with Gasteiger partial charge in [0.2, 0.25) is 0 Å². The predicted octanol–water partition coefficient (Wildman–Crippen LogP) is 2.20. The third-order valence-electron chi connectivity index (χ3n) is 1.42. The number of halogens is 1. The molecule has 0 amide bonds. The van der Waals surface area contributed by atoms with Crippen LogP contribution in [0.4, 0.5) is 0 Å². The van der Waals surface area contributed by atoms with Gasteiger partial charge in [-0.2, -0.15) is 5.26 Å². The average Bonchev–Trinajstić information content (AvgIpc) is 2.02. The number of nitriles is 1. The summed E-state index contributed by atoms with van der Waals surface area (Å²) in [6, 6.07) is 4.41. The van der Waals surface area contributed by atoms with Crippen molar-refractivity contribution in [2.24, 2.45) is 0 Å². The molecule has 0 aliphatic heterocycles. The van der Waals surface area contributed by atoms with Crippen molar-refractivity contribution in [1.29, 1.82) is 5.26 Å². The molecule has 5 heteroatoms. The molecule has 0 saturated heterocycles. The first kappa shape index (κ1) is 9.90. The summed E-state index contributed by atoms with van der Waals surface area (Å²) in [6.07, 6.45) is 0. The quantitative estimate of drug-likeness (QED) is 0.703. The van der Waals surface area contributed by atoms with Crippen molar-refractivity contribution in [3.05, 3.63) is 28.3 Å². The van der Waals surface area contributed by atoms with Crippen LogP contribution in [0.3, 0.4) is 0 Å². The number of carboxylic acids is 1. The largest absolute Gasteiger partial charge is 0.478 e. The smallest absolute Gasteiger partial charge is 0.337 e. The Balaban J connectivity index is 3.50. The molecular formula is C8H4ClNO2S. The molecule has 1 rings (SSSR count). The van der Waals surface area contributed by atoms with Gasteiger partial charge in [-0.1, -0.05) is 11.6 Å². The molecule has 0 radical (unpaired) electrons. The van der Waals surface area contributed by atoms with Gasteiger partial charge in [0, 0.05) is 9.92 Å². The third kappa shape index (κ3) is 1.94. The molecule has 0 heterocycles. The number of aromatic carboxylic acids is 1. The van der Waals surface area contributed by atoms with E-state index in [9.17, 15) is 4.79 Å². The second-order valence-corrected chi connectivity index (χ2v) is 3.18. The zero-order valence-electron chi connectivity index (χ0n) is 6.28. The van der Waals surface area contributed by atoms with Crippen molar-refractivity contribution < 1.29 is 9.90 Å². The highest BCUT2D eigenvalue weighted by atomic mass is 35.5. The summed E-state index contributed by atoms with van der Waals surface area (Å²) in [5.74, 6) is -1.19. The lowest BCUT2D eigenvalue weighted by atomic mass is 10.1. The molecule has 0 atom stereocenters. The van der Waals surface area contributed by atoms with E-state index in [1.165, 1.54) is 12.1 Å². The number of carboxylic acid groups (broad SMARTS) is 1. The Labute approximate surface area is 85.0 Å². The highest BCUT2D eigenvalue weighted by molar-refractivity contribution is 7.80. The van der Waals surface area contributed by atoms with Crippen LogP contribution in [-0.2, 0) is 0 Å². The Morgan fingerprint density at radius 1 is 1.62 bits per heavy atom. The van der Waals surface area contributed by atoms with E-state index in [2.05, 4.69) is 12.6 Å². The highest BCUT2D eigenvalue weighted by Gasteiger charge is 2.13. The first-order chi connectivity index (χ1) is 6.06. The van der Waals surface area contributed by atoms with Gasteiger partial charge in [0.05, 0.1) is 11.1 Å². The second-order valence-electron chi connectivity index (χ2n) is 2.26. The monoisotopic (exact) mass is 213 g/mol. The van der Waals surface area contributed by atoms with Crippen molar-refractivity contribution in [2.45, 2.75) is 4.90 Å². The van der Waals surface area contributed by atoms with E-state index < -0.39 is 5.97 Å². The van der Waals surface area contributed by atoms with Gasteiger partial charge in [0.1, 0.15) is 6.07 Å². The van der Waals surface area contributed by atoms with Gasteiger partial charge in [0.15, 0.2) is 0 Å². The van der Waals surface area contributed by atoms with Gasteiger partial charge in [-0.25, -0.2) is 4.79 Å². The van der Waals surface area contributed by atoms with E-state index in [1.54, 1.807) is 6.07 Å². The van der Waals surface area contributed by atoms with Gasteiger partial charge in [-0.15, -0.1) is 12.6 Å². The molecule has 13 heavy (non-hydrogen) atoms. The van der Waals surface area contributed by atoms with Gasteiger partial charge >= 0.3 is 5.97 Å². The number of benzene rings is 1. The normalized spacial score (nSPS) is 9.31. The first-order valence-corrected chi connectivity index (χ1v) is 4.04. The number of thiol groups is 1. The number of rotatable bonds is 1. The van der Waals surface area contributed by atoms with Crippen LogP contribution >= 0.6 is 24.2 Å². The lowest BCUT2D eigenvalue weighted by Gasteiger charge is -2.01. The average molecular weight is 214 g/mol. The van der Waals surface area contributed by atoms with Crippen LogP contribution in [0.5, 0.6) is 0 Å². The van der Waals surface area contributed by atoms with E-state index in [0.29, 0.717) is 0 Å². The minimum absolute atomic E-state index is 0.0280. The van der Waals surface area contributed by atoms with E-state index in [-0.39, 0.29) is 21.0 Å². The molecule has 0 spiro atoms. The van der Waals surface area contributed by atoms with Crippen LogP contribution < -0.4 is 0 Å². The summed E-state index contributed by atoms with van der Waals surface area (Å²) in [5, 5.41) is 17.6. The summed E-state index contributed by atoms with van der Waals surface area (Å²) in [7, 11) is 0. The van der Waals surface area contributed by atoms with Crippen LogP contribution in [0.2, 0.25) is 5.02 Å². The topological polar surface area (TPSA) is 61.1 Å². The lowest BCUT2D eigenvalue weighted by molar-refractivity contribution is 0.0696. The molecule has 0 bridgehead atoms. The fourth-order valence-electron chi connectivity index (χ4n) is 0.879. The molecule has 0 aliphatic carbocycles. The van der Waals surface area contributed by atoms with Crippen LogP contribution in [0.15, 0.2) is 17.0 Å². The minimum Gasteiger partial charge on any atom is -0.478 e. The van der Waals surface area contributed by atoms with Crippen molar-refractivity contribution >= 4 is 30.2 Å². The Kier molecular flexibility index (Phi) is 2.81. The van der Waals surface area contributed by atoms with Crippen LogP contribution in [0, 0.1) is 11.3 Å². The highest BCUT2D eigenvalue weighted by Crippen LogP contribution is 2.23. The molecule has 1 aromatic carbocycles. The molecule has 66 valence electrons. The Bertz CT molecular complexity index is 411. The summed E-state index contributed by atoms with van der Waals surface area (Å²) in [4.78, 5) is 10.9. The van der Waals surface area contributed by atoms with E-state index in [0.717, 1.165) is 0 Å². The van der Waals surface area contributed by atoms with Crippen LogP contribution in [0.1, 0.15) is 15.9 Å². The summed E-state index contributed by atoms with van der Waals surface area (Å²) >= 11 is 9.54. The second kappa shape index (κ2) is 3.69. The lowest BCUT2D eigenvalue weighted by Crippen LogP contribution is -2.00. The third-order valence-corrected chi connectivity index (χ3v) is 2.00. The predicted molar refractivity (Wildman–Crippen MR) is 50.4 cm³/mol. The van der Waals surface area contributed by atoms with Gasteiger partial charge < -0.3 is 5.11 Å². The Morgan fingerprint density at radius 3 is 2.69 bits per heavy atom. The first-order valence-electron chi connectivity index (χ1n) is 3.22. The number of nitrogens with zero attached hydrogens (tertiary/aromatic N) is 1. The van der Waals surface area contributed by atoms with Crippen molar-refractivity contribution in [3.63, 3.8) is 0 Å².